The van der Waals surface area contributed by atoms with Crippen LogP contribution in [0.4, 0.5) is 4.79 Å². The number of ketones is 1. The van der Waals surface area contributed by atoms with Gasteiger partial charge in [0.1, 0.15) is 11.9 Å². The molecule has 0 heterocycles. The monoisotopic (exact) mass is 478 g/mol. The Bertz CT molecular complexity index is 1080. The van der Waals surface area contributed by atoms with Gasteiger partial charge < -0.3 is 14.2 Å². The third kappa shape index (κ3) is 6.15. The van der Waals surface area contributed by atoms with Crippen molar-refractivity contribution in [3.8, 4) is 11.5 Å². The fraction of sp³-hybridized carbons (Fsp3) is 0.429. The summed E-state index contributed by atoms with van der Waals surface area (Å²) in [6, 6.07) is 10.9. The Balaban J connectivity index is 1.56. The first-order valence-corrected chi connectivity index (χ1v) is 12.4. The Morgan fingerprint density at radius 2 is 1.40 bits per heavy atom. The summed E-state index contributed by atoms with van der Waals surface area (Å²) < 4.78 is 16.5. The van der Waals surface area contributed by atoms with Crippen molar-refractivity contribution in [1.29, 1.82) is 0 Å². The van der Waals surface area contributed by atoms with Crippen molar-refractivity contribution in [2.45, 2.75) is 70.3 Å². The second-order valence-electron chi connectivity index (χ2n) is 9.15. The van der Waals surface area contributed by atoms with Gasteiger partial charge in [0.05, 0.1) is 22.6 Å². The topological polar surface area (TPSA) is 96.0 Å². The quantitative estimate of drug-likeness (QED) is 0.157. The molecule has 0 amide bonds. The summed E-state index contributed by atoms with van der Waals surface area (Å²) in [4.78, 5) is 50.5. The molecule has 2 saturated carbocycles. The van der Waals surface area contributed by atoms with E-state index in [2.05, 4.69) is 0 Å². The highest BCUT2D eigenvalue weighted by molar-refractivity contribution is 6.13. The normalized spacial score (nSPS) is 16.8. The van der Waals surface area contributed by atoms with Crippen LogP contribution in [0, 0.1) is 5.92 Å². The molecule has 2 aliphatic rings. The SMILES string of the molecule is O=Cc1cccc(C(=O)c2ccccc2OC(=O)OC2CCCCC2)c1OC(=O)C1CCCCC1. The van der Waals surface area contributed by atoms with Crippen molar-refractivity contribution < 1.29 is 33.4 Å². The van der Waals surface area contributed by atoms with Crippen LogP contribution in [-0.2, 0) is 9.53 Å². The van der Waals surface area contributed by atoms with Gasteiger partial charge in [-0.05, 0) is 62.8 Å². The fourth-order valence-electron chi connectivity index (χ4n) is 4.78. The first-order valence-electron chi connectivity index (χ1n) is 12.4. The van der Waals surface area contributed by atoms with Gasteiger partial charge in [-0.15, -0.1) is 0 Å². The van der Waals surface area contributed by atoms with Crippen molar-refractivity contribution in [1.82, 2.24) is 0 Å². The average molecular weight is 479 g/mol. The number of ether oxygens (including phenoxy) is 3. The van der Waals surface area contributed by atoms with Crippen LogP contribution in [-0.4, -0.2) is 30.3 Å². The molecule has 7 nitrogen and oxygen atoms in total. The predicted molar refractivity (Wildman–Crippen MR) is 128 cm³/mol. The summed E-state index contributed by atoms with van der Waals surface area (Å²) in [5.74, 6) is -1.24. The average Bonchev–Trinajstić information content (AvgIpc) is 2.89. The zero-order chi connectivity index (χ0) is 24.6. The highest BCUT2D eigenvalue weighted by atomic mass is 16.7. The maximum atomic E-state index is 13.5. The zero-order valence-electron chi connectivity index (χ0n) is 19.7. The largest absolute Gasteiger partial charge is 0.514 e. The highest BCUT2D eigenvalue weighted by Gasteiger charge is 2.28. The molecule has 35 heavy (non-hydrogen) atoms. The Morgan fingerprint density at radius 3 is 2.11 bits per heavy atom. The molecule has 0 N–H and O–H groups in total. The van der Waals surface area contributed by atoms with Crippen LogP contribution in [0.15, 0.2) is 42.5 Å². The number of esters is 1. The second-order valence-corrected chi connectivity index (χ2v) is 9.15. The fourth-order valence-corrected chi connectivity index (χ4v) is 4.78. The molecule has 0 aliphatic heterocycles. The lowest BCUT2D eigenvalue weighted by atomic mass is 9.89. The first-order chi connectivity index (χ1) is 17.1. The van der Waals surface area contributed by atoms with E-state index in [1.165, 1.54) is 24.3 Å². The Labute approximate surface area is 204 Å². The van der Waals surface area contributed by atoms with Crippen LogP contribution in [0.2, 0.25) is 0 Å². The molecule has 0 spiro atoms. The first kappa shape index (κ1) is 24.6. The Hall–Kier alpha value is -3.48. The number of aldehydes is 1. The van der Waals surface area contributed by atoms with Gasteiger partial charge in [-0.2, -0.15) is 0 Å². The summed E-state index contributed by atoms with van der Waals surface area (Å²) in [6.45, 7) is 0. The van der Waals surface area contributed by atoms with Crippen molar-refractivity contribution in [2.24, 2.45) is 5.92 Å². The molecule has 0 bridgehead atoms. The Kier molecular flexibility index (Phi) is 8.29. The highest BCUT2D eigenvalue weighted by Crippen LogP contribution is 2.32. The Morgan fingerprint density at radius 1 is 0.743 bits per heavy atom. The third-order valence-corrected chi connectivity index (χ3v) is 6.70. The third-order valence-electron chi connectivity index (χ3n) is 6.70. The van der Waals surface area contributed by atoms with Gasteiger partial charge >= 0.3 is 12.1 Å². The second kappa shape index (κ2) is 11.8. The van der Waals surface area contributed by atoms with Crippen LogP contribution in [0.3, 0.4) is 0 Å². The van der Waals surface area contributed by atoms with E-state index in [9.17, 15) is 19.2 Å². The molecule has 184 valence electrons. The van der Waals surface area contributed by atoms with E-state index in [1.807, 2.05) is 0 Å². The van der Waals surface area contributed by atoms with Crippen molar-refractivity contribution in [3.05, 3.63) is 59.2 Å². The standard InChI is InChI=1S/C28H30O7/c29-18-20-12-9-16-23(26(20)35-27(31)19-10-3-1-4-11-19)25(30)22-15-7-8-17-24(22)34-28(32)33-21-13-5-2-6-14-21/h7-9,12,15-19,21H,1-6,10-11,13-14H2. The van der Waals surface area contributed by atoms with Crippen LogP contribution in [0.5, 0.6) is 11.5 Å². The minimum atomic E-state index is -0.859. The lowest BCUT2D eigenvalue weighted by Gasteiger charge is -2.22. The van der Waals surface area contributed by atoms with Gasteiger partial charge in [0.15, 0.2) is 12.0 Å². The van der Waals surface area contributed by atoms with Crippen molar-refractivity contribution in [3.63, 3.8) is 0 Å². The molecule has 2 aromatic rings. The predicted octanol–water partition coefficient (Wildman–Crippen LogP) is 6.06. The summed E-state index contributed by atoms with van der Waals surface area (Å²) in [5, 5.41) is 0. The number of hydrogen-bond acceptors (Lipinski definition) is 7. The maximum Gasteiger partial charge on any atom is 0.514 e. The van der Waals surface area contributed by atoms with E-state index in [4.69, 9.17) is 14.2 Å². The number of rotatable bonds is 7. The number of hydrogen-bond donors (Lipinski definition) is 0. The number of carbonyl (C=O) groups is 4. The van der Waals surface area contributed by atoms with Crippen LogP contribution in [0.1, 0.15) is 90.5 Å². The van der Waals surface area contributed by atoms with Crippen LogP contribution < -0.4 is 9.47 Å². The summed E-state index contributed by atoms with van der Waals surface area (Å²) in [5.41, 5.74) is 0.261. The molecule has 2 aliphatic carbocycles. The van der Waals surface area contributed by atoms with Gasteiger partial charge in [0.25, 0.3) is 0 Å². The van der Waals surface area contributed by atoms with Crippen LogP contribution in [0.25, 0.3) is 0 Å². The van der Waals surface area contributed by atoms with Gasteiger partial charge in [-0.3, -0.25) is 14.4 Å². The lowest BCUT2D eigenvalue weighted by molar-refractivity contribution is -0.140. The van der Waals surface area contributed by atoms with Gasteiger partial charge in [0, 0.05) is 0 Å². The number of carbonyl (C=O) groups excluding carboxylic acids is 4. The molecule has 0 unspecified atom stereocenters. The molecule has 7 heteroatoms. The van der Waals surface area contributed by atoms with E-state index in [1.54, 1.807) is 18.2 Å². The van der Waals surface area contributed by atoms with E-state index in [-0.39, 0.29) is 40.2 Å². The number of para-hydroxylation sites is 2. The molecular formula is C28H30O7. The minimum absolute atomic E-state index is 0.0411. The molecular weight excluding hydrogens is 448 g/mol. The van der Waals surface area contributed by atoms with Crippen molar-refractivity contribution >= 4 is 24.2 Å². The van der Waals surface area contributed by atoms with Gasteiger partial charge in [-0.1, -0.05) is 43.9 Å². The summed E-state index contributed by atoms with van der Waals surface area (Å²) >= 11 is 0. The minimum Gasteiger partial charge on any atom is -0.431 e. The molecule has 0 aromatic heterocycles. The summed E-state index contributed by atoms with van der Waals surface area (Å²) in [7, 11) is 0. The molecule has 0 radical (unpaired) electrons. The molecule has 2 fully saturated rings. The molecule has 2 aromatic carbocycles. The van der Waals surface area contributed by atoms with Gasteiger partial charge in [-0.25, -0.2) is 4.79 Å². The lowest BCUT2D eigenvalue weighted by Crippen LogP contribution is -2.24. The van der Waals surface area contributed by atoms with E-state index in [0.29, 0.717) is 6.29 Å². The molecule has 0 atom stereocenters. The van der Waals surface area contributed by atoms with Gasteiger partial charge in [0.2, 0.25) is 5.78 Å². The summed E-state index contributed by atoms with van der Waals surface area (Å²) in [6.07, 6.45) is 8.67. The molecule has 4 rings (SSSR count). The smallest absolute Gasteiger partial charge is 0.431 e. The number of benzene rings is 2. The zero-order valence-corrected chi connectivity index (χ0v) is 19.7. The van der Waals surface area contributed by atoms with E-state index < -0.39 is 17.9 Å². The van der Waals surface area contributed by atoms with Crippen molar-refractivity contribution in [2.75, 3.05) is 0 Å². The molecule has 0 saturated heterocycles. The maximum absolute atomic E-state index is 13.5. The van der Waals surface area contributed by atoms with E-state index >= 15 is 0 Å². The van der Waals surface area contributed by atoms with Crippen LogP contribution >= 0.6 is 0 Å². The van der Waals surface area contributed by atoms with E-state index in [0.717, 1.165) is 64.2 Å².